The minimum atomic E-state index is 0.0630. The molecule has 0 amide bonds. The van der Waals surface area contributed by atoms with Crippen LogP contribution in [0, 0.1) is 6.92 Å². The minimum Gasteiger partial charge on any atom is -0.379 e. The molecule has 0 saturated heterocycles. The SMILES string of the molecule is CCCCN(C)CCOCC1CC(=O)c2c(Cl)c(C)cc(Cl)c2S1. The summed E-state index contributed by atoms with van der Waals surface area (Å²) in [5.74, 6) is 0.0630. The molecule has 134 valence electrons. The van der Waals surface area contributed by atoms with Gasteiger partial charge in [0.25, 0.3) is 0 Å². The molecule has 1 heterocycles. The van der Waals surface area contributed by atoms with E-state index in [9.17, 15) is 4.79 Å². The summed E-state index contributed by atoms with van der Waals surface area (Å²) < 4.78 is 5.79. The first-order valence-electron chi connectivity index (χ1n) is 8.38. The molecule has 0 fully saturated rings. The molecule has 3 nitrogen and oxygen atoms in total. The lowest BCUT2D eigenvalue weighted by Gasteiger charge is -2.25. The highest BCUT2D eigenvalue weighted by molar-refractivity contribution is 8.00. The quantitative estimate of drug-likeness (QED) is 0.578. The number of benzene rings is 1. The number of nitrogens with zero attached hydrogens (tertiary/aromatic N) is 1. The van der Waals surface area contributed by atoms with Crippen molar-refractivity contribution in [2.45, 2.75) is 43.3 Å². The number of hydrogen-bond donors (Lipinski definition) is 0. The molecule has 1 aliphatic heterocycles. The monoisotopic (exact) mass is 389 g/mol. The maximum Gasteiger partial charge on any atom is 0.166 e. The van der Waals surface area contributed by atoms with Gasteiger partial charge in [0, 0.05) is 23.1 Å². The highest BCUT2D eigenvalue weighted by atomic mass is 35.5. The Kier molecular flexibility index (Phi) is 7.89. The number of likely N-dealkylation sites (N-methyl/N-ethyl adjacent to an activating group) is 1. The molecule has 0 saturated carbocycles. The van der Waals surface area contributed by atoms with E-state index in [1.165, 1.54) is 12.8 Å². The van der Waals surface area contributed by atoms with Crippen LogP contribution in [0.3, 0.4) is 0 Å². The van der Waals surface area contributed by atoms with Crippen LogP contribution in [-0.2, 0) is 4.74 Å². The van der Waals surface area contributed by atoms with Crippen LogP contribution in [0.25, 0.3) is 0 Å². The van der Waals surface area contributed by atoms with Crippen molar-refractivity contribution < 1.29 is 9.53 Å². The Labute approximate surface area is 159 Å². The van der Waals surface area contributed by atoms with Crippen molar-refractivity contribution in [3.63, 3.8) is 0 Å². The molecule has 1 aromatic carbocycles. The van der Waals surface area contributed by atoms with Crippen LogP contribution in [0.15, 0.2) is 11.0 Å². The van der Waals surface area contributed by atoms with Crippen LogP contribution < -0.4 is 0 Å². The normalized spacial score (nSPS) is 17.4. The first-order valence-corrected chi connectivity index (χ1v) is 10.0. The summed E-state index contributed by atoms with van der Waals surface area (Å²) >= 11 is 14.2. The smallest absolute Gasteiger partial charge is 0.166 e. The third-order valence-electron chi connectivity index (χ3n) is 4.14. The van der Waals surface area contributed by atoms with Gasteiger partial charge in [0.05, 0.1) is 28.8 Å². The zero-order valence-corrected chi connectivity index (χ0v) is 16.9. The molecule has 0 radical (unpaired) electrons. The molecule has 2 rings (SSSR count). The minimum absolute atomic E-state index is 0.0630. The number of halogens is 2. The number of thioether (sulfide) groups is 1. The van der Waals surface area contributed by atoms with Crippen molar-refractivity contribution in [1.29, 1.82) is 0 Å². The van der Waals surface area contributed by atoms with Gasteiger partial charge < -0.3 is 9.64 Å². The number of ether oxygens (including phenoxy) is 1. The van der Waals surface area contributed by atoms with Crippen molar-refractivity contribution in [2.75, 3.05) is 33.4 Å². The zero-order chi connectivity index (χ0) is 17.7. The Morgan fingerprint density at radius 3 is 2.83 bits per heavy atom. The van der Waals surface area contributed by atoms with Crippen LogP contribution >= 0.6 is 35.0 Å². The molecular weight excluding hydrogens is 365 g/mol. The first kappa shape index (κ1) is 20.1. The summed E-state index contributed by atoms with van der Waals surface area (Å²) in [6, 6.07) is 1.83. The van der Waals surface area contributed by atoms with Gasteiger partial charge in [-0.1, -0.05) is 36.5 Å². The van der Waals surface area contributed by atoms with Gasteiger partial charge in [0.15, 0.2) is 5.78 Å². The fourth-order valence-electron chi connectivity index (χ4n) is 2.68. The fraction of sp³-hybridized carbons (Fsp3) is 0.611. The van der Waals surface area contributed by atoms with Gasteiger partial charge in [-0.15, -0.1) is 11.8 Å². The summed E-state index contributed by atoms with van der Waals surface area (Å²) in [4.78, 5) is 15.5. The van der Waals surface area contributed by atoms with Crippen molar-refractivity contribution in [2.24, 2.45) is 0 Å². The molecule has 1 unspecified atom stereocenters. The predicted molar refractivity (Wildman–Crippen MR) is 103 cm³/mol. The molecule has 0 N–H and O–H groups in total. The van der Waals surface area contributed by atoms with Gasteiger partial charge in [-0.25, -0.2) is 0 Å². The van der Waals surface area contributed by atoms with Gasteiger partial charge in [-0.2, -0.15) is 0 Å². The number of rotatable bonds is 8. The van der Waals surface area contributed by atoms with E-state index in [2.05, 4.69) is 18.9 Å². The lowest BCUT2D eigenvalue weighted by molar-refractivity contribution is 0.0910. The van der Waals surface area contributed by atoms with E-state index in [4.69, 9.17) is 27.9 Å². The molecule has 1 aliphatic rings. The number of ketones is 1. The highest BCUT2D eigenvalue weighted by Crippen LogP contribution is 2.44. The number of hydrogen-bond acceptors (Lipinski definition) is 4. The van der Waals surface area contributed by atoms with Crippen molar-refractivity contribution >= 4 is 40.7 Å². The molecule has 0 bridgehead atoms. The Bertz CT molecular complexity index is 595. The number of Topliss-reactive ketones (excluding diaryl/α,β-unsaturated/α-hetero) is 1. The van der Waals surface area contributed by atoms with Crippen LogP contribution in [0.1, 0.15) is 42.1 Å². The maximum atomic E-state index is 12.5. The number of aryl methyl sites for hydroxylation is 1. The topological polar surface area (TPSA) is 29.5 Å². The molecule has 24 heavy (non-hydrogen) atoms. The Morgan fingerprint density at radius 2 is 2.12 bits per heavy atom. The van der Waals surface area contributed by atoms with E-state index in [0.29, 0.717) is 35.2 Å². The van der Waals surface area contributed by atoms with E-state index in [0.717, 1.165) is 23.5 Å². The molecule has 1 aromatic rings. The van der Waals surface area contributed by atoms with Crippen LogP contribution in [-0.4, -0.2) is 49.3 Å². The zero-order valence-electron chi connectivity index (χ0n) is 14.5. The second-order valence-corrected chi connectivity index (χ2v) is 8.39. The second-order valence-electron chi connectivity index (χ2n) is 6.29. The van der Waals surface area contributed by atoms with Gasteiger partial charge >= 0.3 is 0 Å². The van der Waals surface area contributed by atoms with Crippen molar-refractivity contribution in [3.8, 4) is 0 Å². The fourth-order valence-corrected chi connectivity index (χ4v) is 4.62. The molecule has 0 aliphatic carbocycles. The van der Waals surface area contributed by atoms with Gasteiger partial charge in [-0.05, 0) is 38.6 Å². The Hall–Kier alpha value is -0.260. The molecule has 0 aromatic heterocycles. The van der Waals surface area contributed by atoms with Crippen LogP contribution in [0.2, 0.25) is 10.0 Å². The third kappa shape index (κ3) is 5.12. The van der Waals surface area contributed by atoms with E-state index >= 15 is 0 Å². The summed E-state index contributed by atoms with van der Waals surface area (Å²) in [6.45, 7) is 7.31. The number of carbonyl (C=O) groups excluding carboxylic acids is 1. The second kappa shape index (κ2) is 9.44. The molecular formula is C18H25Cl2NO2S. The molecule has 0 spiro atoms. The molecule has 6 heteroatoms. The third-order valence-corrected chi connectivity index (χ3v) is 6.34. The number of carbonyl (C=O) groups is 1. The van der Waals surface area contributed by atoms with Gasteiger partial charge in [-0.3, -0.25) is 4.79 Å². The largest absolute Gasteiger partial charge is 0.379 e. The van der Waals surface area contributed by atoms with Crippen molar-refractivity contribution in [1.82, 2.24) is 4.90 Å². The standard InChI is InChI=1S/C18H25Cl2NO2S/c1-4-5-6-21(3)7-8-23-11-13-10-15(22)16-17(20)12(2)9-14(19)18(16)24-13/h9,13H,4-8,10-11H2,1-3H3. The average Bonchev–Trinajstić information content (AvgIpc) is 2.54. The van der Waals surface area contributed by atoms with E-state index in [1.54, 1.807) is 11.8 Å². The lowest BCUT2D eigenvalue weighted by atomic mass is 10.0. The van der Waals surface area contributed by atoms with Crippen LogP contribution in [0.5, 0.6) is 0 Å². The van der Waals surface area contributed by atoms with Crippen LogP contribution in [0.4, 0.5) is 0 Å². The summed E-state index contributed by atoms with van der Waals surface area (Å²) in [7, 11) is 2.11. The Balaban J connectivity index is 1.88. The number of unbranched alkanes of at least 4 members (excludes halogenated alkanes) is 1. The summed E-state index contributed by atoms with van der Waals surface area (Å²) in [5.41, 5.74) is 1.43. The average molecular weight is 390 g/mol. The molecule has 1 atom stereocenters. The highest BCUT2D eigenvalue weighted by Gasteiger charge is 2.30. The first-order chi connectivity index (χ1) is 11.4. The summed E-state index contributed by atoms with van der Waals surface area (Å²) in [6.07, 6.45) is 2.86. The Morgan fingerprint density at radius 1 is 1.38 bits per heavy atom. The predicted octanol–water partition coefficient (Wildman–Crippen LogP) is 5.10. The van der Waals surface area contributed by atoms with E-state index < -0.39 is 0 Å². The van der Waals surface area contributed by atoms with Crippen molar-refractivity contribution in [3.05, 3.63) is 27.2 Å². The van der Waals surface area contributed by atoms with E-state index in [1.807, 2.05) is 13.0 Å². The summed E-state index contributed by atoms with van der Waals surface area (Å²) in [5, 5.41) is 1.24. The lowest BCUT2D eigenvalue weighted by Crippen LogP contribution is -2.27. The van der Waals surface area contributed by atoms with Gasteiger partial charge in [0.2, 0.25) is 0 Å². The van der Waals surface area contributed by atoms with E-state index in [-0.39, 0.29) is 11.0 Å². The van der Waals surface area contributed by atoms with Gasteiger partial charge in [0.1, 0.15) is 0 Å². The maximum absolute atomic E-state index is 12.5. The number of fused-ring (bicyclic) bond motifs is 1.